The fourth-order valence-electron chi connectivity index (χ4n) is 5.91. The second kappa shape index (κ2) is 11.9. The summed E-state index contributed by atoms with van der Waals surface area (Å²) in [6, 6.07) is 11.2. The minimum absolute atomic E-state index is 0.106. The average Bonchev–Trinajstić information content (AvgIpc) is 2.92. The Morgan fingerprint density at radius 1 is 0.974 bits per heavy atom. The number of nitrogens with one attached hydrogen (secondary N) is 1. The van der Waals surface area contributed by atoms with E-state index in [9.17, 15) is 13.2 Å². The first-order valence-electron chi connectivity index (χ1n) is 14.2. The van der Waals surface area contributed by atoms with E-state index in [1.807, 2.05) is 37.3 Å². The second-order valence-electron chi connectivity index (χ2n) is 11.5. The number of nitrogens with zero attached hydrogens (tertiary/aromatic N) is 1. The highest BCUT2D eigenvalue weighted by Crippen LogP contribution is 2.40. The standard InChI is InChI=1S/C31H39ClN2O4S/c1-21-7-3-4-8-23-10-11-26(23)19-34-16-6-5-9-24-17-28(32)14-12-27(24)20-38-30-15-13-25(18-29(30)34)31(35)33-39(36,37)22(21)2/h3-4,12-15,17-18,21-23,26H,5-11,16,19-20H2,1-2H3,(H,33,35)/b4-3+/t21-,22+,23+,26-/m0/s1. The molecule has 2 heterocycles. The molecule has 1 fully saturated rings. The number of ether oxygens (including phenoxy) is 1. The summed E-state index contributed by atoms with van der Waals surface area (Å²) in [6.45, 7) is 5.73. The van der Waals surface area contributed by atoms with Crippen molar-refractivity contribution in [3.05, 3.63) is 70.3 Å². The van der Waals surface area contributed by atoms with E-state index in [4.69, 9.17) is 16.3 Å². The third-order valence-electron chi connectivity index (χ3n) is 8.91. The quantitative estimate of drug-likeness (QED) is 0.365. The molecular formula is C31H39ClN2O4S. The molecule has 1 aliphatic carbocycles. The molecule has 2 aliphatic heterocycles. The molecule has 3 aliphatic rings. The van der Waals surface area contributed by atoms with E-state index < -0.39 is 21.2 Å². The first kappa shape index (κ1) is 28.0. The lowest BCUT2D eigenvalue weighted by Gasteiger charge is -2.41. The number of sulfonamides is 1. The minimum atomic E-state index is -3.83. The van der Waals surface area contributed by atoms with E-state index in [0.717, 1.165) is 55.0 Å². The molecule has 0 spiro atoms. The van der Waals surface area contributed by atoms with E-state index >= 15 is 0 Å². The molecule has 4 atom stereocenters. The fourth-order valence-corrected chi connectivity index (χ4v) is 7.39. The van der Waals surface area contributed by atoms with Crippen molar-refractivity contribution in [1.82, 2.24) is 4.72 Å². The molecule has 8 heteroatoms. The molecule has 39 heavy (non-hydrogen) atoms. The number of rotatable bonds is 0. The topological polar surface area (TPSA) is 75.7 Å². The Labute approximate surface area is 237 Å². The molecule has 0 unspecified atom stereocenters. The van der Waals surface area contributed by atoms with E-state index in [0.29, 0.717) is 36.2 Å². The van der Waals surface area contributed by atoms with Crippen LogP contribution < -0.4 is 14.4 Å². The number of hydrogen-bond acceptors (Lipinski definition) is 5. The summed E-state index contributed by atoms with van der Waals surface area (Å²) in [5.41, 5.74) is 3.49. The molecular weight excluding hydrogens is 532 g/mol. The summed E-state index contributed by atoms with van der Waals surface area (Å²) in [4.78, 5) is 15.6. The number of anilines is 1. The van der Waals surface area contributed by atoms with Crippen molar-refractivity contribution in [2.45, 2.75) is 70.7 Å². The molecule has 0 aromatic heterocycles. The van der Waals surface area contributed by atoms with Gasteiger partial charge in [-0.1, -0.05) is 36.7 Å². The van der Waals surface area contributed by atoms with Gasteiger partial charge >= 0.3 is 0 Å². The van der Waals surface area contributed by atoms with Crippen LogP contribution >= 0.6 is 11.6 Å². The second-order valence-corrected chi connectivity index (χ2v) is 14.0. The molecule has 6 nitrogen and oxygen atoms in total. The molecule has 5 rings (SSSR count). The van der Waals surface area contributed by atoms with Gasteiger partial charge in [0.2, 0.25) is 10.0 Å². The predicted octanol–water partition coefficient (Wildman–Crippen LogP) is 6.52. The van der Waals surface area contributed by atoms with Crippen LogP contribution in [0.15, 0.2) is 48.6 Å². The molecule has 0 saturated heterocycles. The van der Waals surface area contributed by atoms with Gasteiger partial charge < -0.3 is 9.64 Å². The molecule has 2 aromatic rings. The van der Waals surface area contributed by atoms with Gasteiger partial charge in [-0.2, -0.15) is 0 Å². The molecule has 1 N–H and O–H groups in total. The van der Waals surface area contributed by atoms with Gasteiger partial charge in [0.15, 0.2) is 0 Å². The highest BCUT2D eigenvalue weighted by Gasteiger charge is 2.33. The van der Waals surface area contributed by atoms with Gasteiger partial charge in [-0.15, -0.1) is 0 Å². The Kier molecular flexibility index (Phi) is 8.57. The maximum absolute atomic E-state index is 13.2. The van der Waals surface area contributed by atoms with Crippen LogP contribution in [0, 0.1) is 17.8 Å². The van der Waals surface area contributed by atoms with Crippen molar-refractivity contribution >= 4 is 33.2 Å². The molecule has 1 saturated carbocycles. The van der Waals surface area contributed by atoms with Crippen molar-refractivity contribution in [2.75, 3.05) is 18.0 Å². The number of fused-ring (bicyclic) bond motifs is 3. The number of aryl methyl sites for hydroxylation is 1. The van der Waals surface area contributed by atoms with Crippen LogP contribution in [0.5, 0.6) is 5.75 Å². The maximum Gasteiger partial charge on any atom is 0.264 e. The van der Waals surface area contributed by atoms with Gasteiger partial charge in [0.1, 0.15) is 12.4 Å². The SMILES string of the molecule is C[C@@H]1[C@@H](C)C/C=C/C[C@@H]2CC[C@H]2CN2CCCCc3cc(Cl)ccc3COc3ccc(cc32)C(=O)NS1(=O)=O. The van der Waals surface area contributed by atoms with E-state index in [1.165, 1.54) is 18.4 Å². The fraction of sp³-hybridized carbons (Fsp3) is 0.516. The summed E-state index contributed by atoms with van der Waals surface area (Å²) in [5, 5.41) is 0.0400. The zero-order chi connectivity index (χ0) is 27.6. The lowest BCUT2D eigenvalue weighted by Crippen LogP contribution is -2.40. The van der Waals surface area contributed by atoms with Crippen molar-refractivity contribution < 1.29 is 17.9 Å². The van der Waals surface area contributed by atoms with E-state index in [1.54, 1.807) is 13.0 Å². The van der Waals surface area contributed by atoms with Crippen molar-refractivity contribution in [3.8, 4) is 5.75 Å². The smallest absolute Gasteiger partial charge is 0.264 e. The Balaban J connectivity index is 1.52. The number of allylic oxidation sites excluding steroid dienone is 2. The van der Waals surface area contributed by atoms with Crippen molar-refractivity contribution in [1.29, 1.82) is 0 Å². The third kappa shape index (κ3) is 6.46. The molecule has 2 aromatic carbocycles. The first-order chi connectivity index (χ1) is 18.7. The zero-order valence-electron chi connectivity index (χ0n) is 22.9. The van der Waals surface area contributed by atoms with Crippen LogP contribution in [0.3, 0.4) is 0 Å². The molecule has 1 amide bonds. The van der Waals surface area contributed by atoms with Gasteiger partial charge in [-0.05, 0) is 111 Å². The van der Waals surface area contributed by atoms with E-state index in [2.05, 4.69) is 21.8 Å². The normalized spacial score (nSPS) is 28.4. The molecule has 0 radical (unpaired) electrons. The summed E-state index contributed by atoms with van der Waals surface area (Å²) < 4.78 is 34.9. The monoisotopic (exact) mass is 570 g/mol. The largest absolute Gasteiger partial charge is 0.487 e. The van der Waals surface area contributed by atoms with Crippen LogP contribution in [0.4, 0.5) is 5.69 Å². The van der Waals surface area contributed by atoms with Gasteiger partial charge in [0, 0.05) is 23.7 Å². The number of hydrogen-bond donors (Lipinski definition) is 1. The van der Waals surface area contributed by atoms with Crippen LogP contribution in [-0.4, -0.2) is 32.7 Å². The van der Waals surface area contributed by atoms with Crippen LogP contribution in [0.25, 0.3) is 0 Å². The Hall–Kier alpha value is -2.51. The number of amides is 1. The number of halogens is 1. The first-order valence-corrected chi connectivity index (χ1v) is 16.1. The highest BCUT2D eigenvalue weighted by atomic mass is 35.5. The third-order valence-corrected chi connectivity index (χ3v) is 11.1. The van der Waals surface area contributed by atoms with Crippen LogP contribution in [-0.2, 0) is 23.1 Å². The van der Waals surface area contributed by atoms with Crippen LogP contribution in [0.2, 0.25) is 5.02 Å². The Morgan fingerprint density at radius 3 is 2.56 bits per heavy atom. The van der Waals surface area contributed by atoms with Gasteiger partial charge in [-0.3, -0.25) is 4.79 Å². The number of carbonyl (C=O) groups excluding carboxylic acids is 1. The minimum Gasteiger partial charge on any atom is -0.487 e. The number of benzene rings is 2. The summed E-state index contributed by atoms with van der Waals surface area (Å²) in [6.07, 6.45) is 11.4. The highest BCUT2D eigenvalue weighted by molar-refractivity contribution is 7.90. The average molecular weight is 571 g/mol. The van der Waals surface area contributed by atoms with Gasteiger partial charge in [0.25, 0.3) is 5.91 Å². The summed E-state index contributed by atoms with van der Waals surface area (Å²) >= 11 is 6.30. The van der Waals surface area contributed by atoms with Crippen LogP contribution in [0.1, 0.15) is 73.9 Å². The zero-order valence-corrected chi connectivity index (χ0v) is 24.4. The molecule has 210 valence electrons. The van der Waals surface area contributed by atoms with Crippen molar-refractivity contribution in [3.63, 3.8) is 0 Å². The predicted molar refractivity (Wildman–Crippen MR) is 157 cm³/mol. The van der Waals surface area contributed by atoms with Crippen molar-refractivity contribution in [2.24, 2.45) is 17.8 Å². The summed E-state index contributed by atoms with van der Waals surface area (Å²) in [5.74, 6) is 1.19. The lowest BCUT2D eigenvalue weighted by atomic mass is 9.71. The summed E-state index contributed by atoms with van der Waals surface area (Å²) in [7, 11) is -3.83. The number of carbonyl (C=O) groups is 1. The van der Waals surface area contributed by atoms with E-state index in [-0.39, 0.29) is 5.92 Å². The van der Waals surface area contributed by atoms with Gasteiger partial charge in [0.05, 0.1) is 10.9 Å². The Bertz CT molecular complexity index is 1340. The molecule has 2 bridgehead atoms. The Morgan fingerprint density at radius 2 is 1.77 bits per heavy atom. The maximum atomic E-state index is 13.2. The lowest BCUT2D eigenvalue weighted by molar-refractivity contribution is 0.0981. The van der Waals surface area contributed by atoms with Gasteiger partial charge in [-0.25, -0.2) is 13.1 Å².